The second-order valence-corrected chi connectivity index (χ2v) is 9.96. The smallest absolute Gasteiger partial charge is 0.326 e. The Bertz CT molecular complexity index is 1270. The quantitative estimate of drug-likeness (QED) is 0.560. The van der Waals surface area contributed by atoms with Crippen LogP contribution in [0.15, 0.2) is 64.1 Å². The van der Waals surface area contributed by atoms with Gasteiger partial charge in [0.05, 0.1) is 17.7 Å². The molecule has 1 N–H and O–H groups in total. The molecule has 0 bridgehead atoms. The third kappa shape index (κ3) is 4.11. The fourth-order valence-corrected chi connectivity index (χ4v) is 5.68. The molecule has 0 spiro atoms. The number of likely N-dealkylation sites (tertiary alicyclic amines) is 1. The first-order valence-corrected chi connectivity index (χ1v) is 11.8. The number of carbonyl (C=O) groups is 2. The molecule has 32 heavy (non-hydrogen) atoms. The van der Waals surface area contributed by atoms with Crippen LogP contribution in [0.25, 0.3) is 10.8 Å². The average molecular weight is 477 g/mol. The molecule has 3 aromatic rings. The fraction of sp³-hybridized carbons (Fsp3) is 0.273. The zero-order valence-electron chi connectivity index (χ0n) is 17.1. The van der Waals surface area contributed by atoms with Crippen molar-refractivity contribution in [1.29, 1.82) is 0 Å². The molecule has 0 saturated carbocycles. The lowest BCUT2D eigenvalue weighted by Gasteiger charge is -2.27. The van der Waals surface area contributed by atoms with E-state index in [2.05, 4.69) is 0 Å². The normalized spacial score (nSPS) is 17.9. The van der Waals surface area contributed by atoms with E-state index in [9.17, 15) is 23.1 Å². The molecule has 1 aliphatic heterocycles. The minimum atomic E-state index is -4.12. The molecule has 2 atom stereocenters. The Morgan fingerprint density at radius 1 is 1.25 bits per heavy atom. The molecule has 2 aromatic carbocycles. The monoisotopic (exact) mass is 476 g/mol. The third-order valence-corrected chi connectivity index (χ3v) is 7.74. The number of rotatable bonds is 7. The first-order chi connectivity index (χ1) is 15.2. The number of benzene rings is 2. The molecule has 1 saturated heterocycles. The van der Waals surface area contributed by atoms with Crippen molar-refractivity contribution in [3.63, 3.8) is 0 Å². The number of aliphatic carboxylic acids is 1. The van der Waals surface area contributed by atoms with Gasteiger partial charge in [-0.1, -0.05) is 23.7 Å². The standard InChI is InChI=1S/C22H21ClN2O6S/c1-14(22(27)28)24-9-8-20(21(24)26)25(13-18-3-2-10-31-18)32(29,30)19-7-5-15-11-17(23)6-4-16(15)12-19/h2-7,10-12,14,20H,8-9,13H2,1H3,(H,27,28)/t14-,20-/m0/s1. The van der Waals surface area contributed by atoms with Crippen molar-refractivity contribution in [1.82, 2.24) is 9.21 Å². The zero-order chi connectivity index (χ0) is 23.0. The van der Waals surface area contributed by atoms with Gasteiger partial charge in [0.1, 0.15) is 17.8 Å². The predicted octanol–water partition coefficient (Wildman–Crippen LogP) is 3.35. The summed E-state index contributed by atoms with van der Waals surface area (Å²) in [5, 5.41) is 11.3. The Hall–Kier alpha value is -2.88. The minimum absolute atomic E-state index is 0.0245. The maximum absolute atomic E-state index is 13.7. The van der Waals surface area contributed by atoms with Gasteiger partial charge >= 0.3 is 5.97 Å². The van der Waals surface area contributed by atoms with E-state index in [4.69, 9.17) is 16.0 Å². The maximum atomic E-state index is 13.7. The van der Waals surface area contributed by atoms with E-state index in [1.165, 1.54) is 30.2 Å². The van der Waals surface area contributed by atoms with Crippen LogP contribution in [0.4, 0.5) is 0 Å². The Morgan fingerprint density at radius 3 is 2.66 bits per heavy atom. The zero-order valence-corrected chi connectivity index (χ0v) is 18.7. The number of sulfonamides is 1. The molecular weight excluding hydrogens is 456 g/mol. The number of hydrogen-bond acceptors (Lipinski definition) is 5. The molecule has 0 unspecified atom stereocenters. The topological polar surface area (TPSA) is 108 Å². The first-order valence-electron chi connectivity index (χ1n) is 9.95. The Morgan fingerprint density at radius 2 is 1.97 bits per heavy atom. The molecule has 0 radical (unpaired) electrons. The van der Waals surface area contributed by atoms with Crippen LogP contribution in [0.2, 0.25) is 5.02 Å². The first kappa shape index (κ1) is 22.3. The second-order valence-electron chi connectivity index (χ2n) is 7.63. The number of carbonyl (C=O) groups excluding carboxylic acids is 1. The maximum Gasteiger partial charge on any atom is 0.326 e. The number of halogens is 1. The van der Waals surface area contributed by atoms with Crippen molar-refractivity contribution in [2.45, 2.75) is 36.9 Å². The van der Waals surface area contributed by atoms with E-state index in [0.717, 1.165) is 9.69 Å². The molecule has 1 fully saturated rings. The van der Waals surface area contributed by atoms with Crippen LogP contribution in [0, 0.1) is 0 Å². The predicted molar refractivity (Wildman–Crippen MR) is 118 cm³/mol. The molecule has 1 amide bonds. The lowest BCUT2D eigenvalue weighted by Crippen LogP contribution is -2.47. The minimum Gasteiger partial charge on any atom is -0.480 e. The Kier molecular flexibility index (Phi) is 5.98. The van der Waals surface area contributed by atoms with Crippen LogP contribution in [-0.2, 0) is 26.2 Å². The summed E-state index contributed by atoms with van der Waals surface area (Å²) in [6.45, 7) is 1.40. The average Bonchev–Trinajstić information content (AvgIpc) is 3.40. The summed E-state index contributed by atoms with van der Waals surface area (Å²) in [6.07, 6.45) is 1.61. The van der Waals surface area contributed by atoms with Crippen LogP contribution >= 0.6 is 11.6 Å². The van der Waals surface area contributed by atoms with E-state index >= 15 is 0 Å². The third-order valence-electron chi connectivity index (χ3n) is 5.66. The Balaban J connectivity index is 1.74. The lowest BCUT2D eigenvalue weighted by atomic mass is 10.1. The van der Waals surface area contributed by atoms with Gasteiger partial charge in [-0.05, 0) is 60.5 Å². The highest BCUT2D eigenvalue weighted by Gasteiger charge is 2.44. The van der Waals surface area contributed by atoms with E-state index in [0.29, 0.717) is 16.2 Å². The van der Waals surface area contributed by atoms with Gasteiger partial charge in [-0.2, -0.15) is 4.31 Å². The summed E-state index contributed by atoms with van der Waals surface area (Å²) in [5.41, 5.74) is 0. The summed E-state index contributed by atoms with van der Waals surface area (Å²) in [5.74, 6) is -1.31. The summed E-state index contributed by atoms with van der Waals surface area (Å²) in [6, 6.07) is 11.0. The number of carboxylic acids is 1. The van der Waals surface area contributed by atoms with E-state index < -0.39 is 34.0 Å². The molecule has 1 aliphatic rings. The van der Waals surface area contributed by atoms with Gasteiger partial charge in [-0.25, -0.2) is 13.2 Å². The van der Waals surface area contributed by atoms with Crippen molar-refractivity contribution in [3.8, 4) is 0 Å². The molecule has 8 nitrogen and oxygen atoms in total. The number of carboxylic acid groups (broad SMARTS) is 1. The molecular formula is C22H21ClN2O6S. The summed E-state index contributed by atoms with van der Waals surface area (Å²) >= 11 is 6.02. The van der Waals surface area contributed by atoms with E-state index in [1.807, 2.05) is 0 Å². The lowest BCUT2D eigenvalue weighted by molar-refractivity contribution is -0.148. The van der Waals surface area contributed by atoms with Crippen LogP contribution in [0.5, 0.6) is 0 Å². The molecule has 168 valence electrons. The second kappa shape index (κ2) is 8.57. The fourth-order valence-electron chi connectivity index (χ4n) is 3.88. The summed E-state index contributed by atoms with van der Waals surface area (Å²) < 4.78 is 33.8. The molecule has 1 aromatic heterocycles. The SMILES string of the molecule is C[C@@H](C(=O)O)N1CC[C@H](N(Cc2ccco2)S(=O)(=O)c2ccc3cc(Cl)ccc3c2)C1=O. The number of hydrogen-bond donors (Lipinski definition) is 1. The van der Waals surface area contributed by atoms with Crippen LogP contribution in [0.3, 0.4) is 0 Å². The summed E-state index contributed by atoms with van der Waals surface area (Å²) in [7, 11) is -4.12. The number of amides is 1. The van der Waals surface area contributed by atoms with Crippen LogP contribution < -0.4 is 0 Å². The van der Waals surface area contributed by atoms with Crippen molar-refractivity contribution >= 4 is 44.3 Å². The van der Waals surface area contributed by atoms with Gasteiger partial charge < -0.3 is 14.4 Å². The van der Waals surface area contributed by atoms with Gasteiger partial charge in [0.15, 0.2) is 0 Å². The van der Waals surface area contributed by atoms with Crippen molar-refractivity contribution in [3.05, 3.63) is 65.6 Å². The van der Waals surface area contributed by atoms with Gasteiger partial charge in [-0.15, -0.1) is 0 Å². The number of fused-ring (bicyclic) bond motifs is 1. The van der Waals surface area contributed by atoms with Gasteiger partial charge in [0.25, 0.3) is 0 Å². The molecule has 0 aliphatic carbocycles. The largest absolute Gasteiger partial charge is 0.480 e. The van der Waals surface area contributed by atoms with Gasteiger partial charge in [-0.3, -0.25) is 4.79 Å². The van der Waals surface area contributed by atoms with Crippen LogP contribution in [-0.4, -0.2) is 53.2 Å². The van der Waals surface area contributed by atoms with Gasteiger partial charge in [0.2, 0.25) is 15.9 Å². The van der Waals surface area contributed by atoms with Crippen molar-refractivity contribution in [2.75, 3.05) is 6.54 Å². The van der Waals surface area contributed by atoms with E-state index in [-0.39, 0.29) is 24.4 Å². The number of nitrogens with zero attached hydrogens (tertiary/aromatic N) is 2. The number of furan rings is 1. The van der Waals surface area contributed by atoms with E-state index in [1.54, 1.807) is 36.4 Å². The molecule has 2 heterocycles. The van der Waals surface area contributed by atoms with Gasteiger partial charge in [0, 0.05) is 11.6 Å². The molecule has 10 heteroatoms. The van der Waals surface area contributed by atoms with Crippen molar-refractivity contribution in [2.24, 2.45) is 0 Å². The Labute approximate surface area is 190 Å². The highest BCUT2D eigenvalue weighted by Crippen LogP contribution is 2.30. The molecule has 4 rings (SSSR count). The summed E-state index contributed by atoms with van der Waals surface area (Å²) in [4.78, 5) is 25.7. The van der Waals surface area contributed by atoms with Crippen LogP contribution in [0.1, 0.15) is 19.1 Å². The van der Waals surface area contributed by atoms with Crippen molar-refractivity contribution < 1.29 is 27.5 Å². The highest BCUT2D eigenvalue weighted by atomic mass is 35.5. The highest BCUT2D eigenvalue weighted by molar-refractivity contribution is 7.89.